The number of nitrogens with zero attached hydrogens (tertiary/aromatic N) is 4. The van der Waals surface area contributed by atoms with Crippen LogP contribution in [-0.4, -0.2) is 25.6 Å². The molecule has 0 amide bonds. The van der Waals surface area contributed by atoms with E-state index in [0.29, 0.717) is 17.9 Å². The summed E-state index contributed by atoms with van der Waals surface area (Å²) < 4.78 is 16.0. The van der Waals surface area contributed by atoms with Crippen LogP contribution in [-0.2, 0) is 19.4 Å². The smallest absolute Gasteiger partial charge is 0.186 e. The maximum absolute atomic E-state index is 14.0. The van der Waals surface area contributed by atoms with E-state index in [-0.39, 0.29) is 11.9 Å². The first-order chi connectivity index (χ1) is 8.78. The van der Waals surface area contributed by atoms with E-state index >= 15 is 0 Å². The summed E-state index contributed by atoms with van der Waals surface area (Å²) in [5.74, 6) is -0.0414. The molecule has 0 saturated heterocycles. The van der Waals surface area contributed by atoms with Crippen molar-refractivity contribution in [3.05, 3.63) is 36.1 Å². The van der Waals surface area contributed by atoms with Crippen LogP contribution in [0, 0.1) is 5.82 Å². The number of hydrogen-bond donors (Lipinski definition) is 1. The molecule has 3 heterocycles. The van der Waals surface area contributed by atoms with Crippen LogP contribution in [0.5, 0.6) is 0 Å². The monoisotopic (exact) mass is 247 g/mol. The molecule has 1 unspecified atom stereocenters. The zero-order valence-electron chi connectivity index (χ0n) is 10.1. The quantitative estimate of drug-likeness (QED) is 0.891. The van der Waals surface area contributed by atoms with Crippen molar-refractivity contribution in [1.82, 2.24) is 19.5 Å². The third-order valence-corrected chi connectivity index (χ3v) is 3.21. The van der Waals surface area contributed by atoms with Gasteiger partial charge in [0, 0.05) is 24.9 Å². The SMILES string of the molecule is CCc1ncnc(NC2Cc3cncn3C2)c1F. The van der Waals surface area contributed by atoms with Crippen molar-refractivity contribution >= 4 is 5.82 Å². The summed E-state index contributed by atoms with van der Waals surface area (Å²) >= 11 is 0. The number of aryl methyl sites for hydroxylation is 1. The Morgan fingerprint density at radius 1 is 1.50 bits per heavy atom. The van der Waals surface area contributed by atoms with Gasteiger partial charge in [-0.3, -0.25) is 0 Å². The Hall–Kier alpha value is -1.98. The highest BCUT2D eigenvalue weighted by molar-refractivity contribution is 5.39. The molecule has 0 bridgehead atoms. The number of rotatable bonds is 3. The highest BCUT2D eigenvalue weighted by atomic mass is 19.1. The fourth-order valence-corrected chi connectivity index (χ4v) is 2.28. The van der Waals surface area contributed by atoms with Crippen LogP contribution in [0.4, 0.5) is 10.2 Å². The number of aromatic nitrogens is 4. The van der Waals surface area contributed by atoms with Gasteiger partial charge in [0.15, 0.2) is 11.6 Å². The predicted molar refractivity (Wildman–Crippen MR) is 64.7 cm³/mol. The lowest BCUT2D eigenvalue weighted by Gasteiger charge is -2.13. The van der Waals surface area contributed by atoms with Gasteiger partial charge in [0.1, 0.15) is 6.33 Å². The van der Waals surface area contributed by atoms with Gasteiger partial charge < -0.3 is 9.88 Å². The number of halogens is 1. The lowest BCUT2D eigenvalue weighted by atomic mass is 10.2. The Balaban J connectivity index is 1.76. The molecular formula is C12H14FN5. The first-order valence-corrected chi connectivity index (χ1v) is 6.03. The summed E-state index contributed by atoms with van der Waals surface area (Å²) in [5.41, 5.74) is 1.62. The van der Waals surface area contributed by atoms with Gasteiger partial charge in [0.25, 0.3) is 0 Å². The fraction of sp³-hybridized carbons (Fsp3) is 0.417. The van der Waals surface area contributed by atoms with Crippen LogP contribution >= 0.6 is 0 Å². The molecule has 0 aliphatic carbocycles. The van der Waals surface area contributed by atoms with Crippen molar-refractivity contribution in [1.29, 1.82) is 0 Å². The van der Waals surface area contributed by atoms with Crippen molar-refractivity contribution in [2.75, 3.05) is 5.32 Å². The second kappa shape index (κ2) is 4.36. The molecule has 2 aromatic rings. The third kappa shape index (κ3) is 1.83. The minimum atomic E-state index is -0.338. The van der Waals surface area contributed by atoms with E-state index in [1.165, 1.54) is 6.33 Å². The molecule has 1 N–H and O–H groups in total. The molecule has 0 spiro atoms. The second-order valence-corrected chi connectivity index (χ2v) is 4.42. The Kier molecular flexibility index (Phi) is 2.70. The first kappa shape index (κ1) is 11.1. The van der Waals surface area contributed by atoms with E-state index in [1.54, 1.807) is 6.33 Å². The fourth-order valence-electron chi connectivity index (χ4n) is 2.28. The van der Waals surface area contributed by atoms with Crippen molar-refractivity contribution in [3.8, 4) is 0 Å². The van der Waals surface area contributed by atoms with E-state index in [2.05, 4.69) is 24.8 Å². The summed E-state index contributed by atoms with van der Waals surface area (Å²) in [6.07, 6.45) is 6.45. The summed E-state index contributed by atoms with van der Waals surface area (Å²) in [7, 11) is 0. The minimum Gasteiger partial charge on any atom is -0.363 e. The Morgan fingerprint density at radius 2 is 2.39 bits per heavy atom. The summed E-state index contributed by atoms with van der Waals surface area (Å²) in [5, 5.41) is 3.14. The van der Waals surface area contributed by atoms with E-state index in [1.807, 2.05) is 13.1 Å². The molecule has 0 saturated carbocycles. The van der Waals surface area contributed by atoms with Gasteiger partial charge in [-0.05, 0) is 6.42 Å². The molecule has 3 rings (SSSR count). The molecular weight excluding hydrogens is 233 g/mol. The molecule has 1 atom stereocenters. The zero-order valence-corrected chi connectivity index (χ0v) is 10.1. The average molecular weight is 247 g/mol. The highest BCUT2D eigenvalue weighted by Gasteiger charge is 2.22. The van der Waals surface area contributed by atoms with Crippen LogP contribution < -0.4 is 5.32 Å². The molecule has 2 aromatic heterocycles. The van der Waals surface area contributed by atoms with Gasteiger partial charge in [-0.1, -0.05) is 6.92 Å². The average Bonchev–Trinajstić information content (AvgIpc) is 2.92. The van der Waals surface area contributed by atoms with E-state index < -0.39 is 0 Å². The molecule has 0 fully saturated rings. The van der Waals surface area contributed by atoms with Gasteiger partial charge in [-0.25, -0.2) is 19.3 Å². The molecule has 94 valence electrons. The van der Waals surface area contributed by atoms with Crippen LogP contribution in [0.3, 0.4) is 0 Å². The number of nitrogens with one attached hydrogen (secondary N) is 1. The minimum absolute atomic E-state index is 0.164. The predicted octanol–water partition coefficient (Wildman–Crippen LogP) is 1.41. The largest absolute Gasteiger partial charge is 0.363 e. The summed E-state index contributed by atoms with van der Waals surface area (Å²) in [6, 6.07) is 0.164. The van der Waals surface area contributed by atoms with Crippen molar-refractivity contribution in [3.63, 3.8) is 0 Å². The van der Waals surface area contributed by atoms with Crippen molar-refractivity contribution < 1.29 is 4.39 Å². The summed E-state index contributed by atoms with van der Waals surface area (Å²) in [6.45, 7) is 2.67. The van der Waals surface area contributed by atoms with Gasteiger partial charge in [-0.15, -0.1) is 0 Å². The number of imidazole rings is 1. The molecule has 1 aliphatic rings. The molecule has 18 heavy (non-hydrogen) atoms. The number of hydrogen-bond acceptors (Lipinski definition) is 4. The maximum Gasteiger partial charge on any atom is 0.186 e. The van der Waals surface area contributed by atoms with Crippen LogP contribution in [0.25, 0.3) is 0 Å². The van der Waals surface area contributed by atoms with Crippen LogP contribution in [0.1, 0.15) is 18.3 Å². The van der Waals surface area contributed by atoms with E-state index in [9.17, 15) is 4.39 Å². The molecule has 1 aliphatic heterocycles. The van der Waals surface area contributed by atoms with Gasteiger partial charge in [0.2, 0.25) is 0 Å². The first-order valence-electron chi connectivity index (χ1n) is 6.03. The Labute approximate surface area is 104 Å². The van der Waals surface area contributed by atoms with Gasteiger partial charge in [-0.2, -0.15) is 0 Å². The topological polar surface area (TPSA) is 55.6 Å². The second-order valence-electron chi connectivity index (χ2n) is 4.42. The standard InChI is InChI=1S/C12H14FN5/c1-2-10-11(13)12(16-6-15-10)17-8-3-9-4-14-7-18(9)5-8/h4,6-8H,2-3,5H2,1H3,(H,15,16,17). The maximum atomic E-state index is 14.0. The molecule has 5 nitrogen and oxygen atoms in total. The Morgan fingerprint density at radius 3 is 3.17 bits per heavy atom. The Bertz CT molecular complexity index is 545. The van der Waals surface area contributed by atoms with E-state index in [0.717, 1.165) is 18.7 Å². The summed E-state index contributed by atoms with van der Waals surface area (Å²) in [4.78, 5) is 12.0. The van der Waals surface area contributed by atoms with Crippen molar-refractivity contribution in [2.45, 2.75) is 32.4 Å². The van der Waals surface area contributed by atoms with Crippen LogP contribution in [0.15, 0.2) is 18.9 Å². The zero-order chi connectivity index (χ0) is 12.5. The highest BCUT2D eigenvalue weighted by Crippen LogP contribution is 2.20. The van der Waals surface area contributed by atoms with Gasteiger partial charge in [0.05, 0.1) is 18.1 Å². The third-order valence-electron chi connectivity index (χ3n) is 3.21. The van der Waals surface area contributed by atoms with Crippen molar-refractivity contribution in [2.24, 2.45) is 0 Å². The van der Waals surface area contributed by atoms with E-state index in [4.69, 9.17) is 0 Å². The normalized spacial score (nSPS) is 17.8. The number of anilines is 1. The molecule has 0 aromatic carbocycles. The molecule has 6 heteroatoms. The lowest BCUT2D eigenvalue weighted by molar-refractivity contribution is 0.587. The molecule has 0 radical (unpaired) electrons. The van der Waals surface area contributed by atoms with Crippen LogP contribution in [0.2, 0.25) is 0 Å². The lowest BCUT2D eigenvalue weighted by Crippen LogP contribution is -2.22. The number of fused-ring (bicyclic) bond motifs is 1. The van der Waals surface area contributed by atoms with Gasteiger partial charge >= 0.3 is 0 Å².